The van der Waals surface area contributed by atoms with Crippen LogP contribution in [0.1, 0.15) is 5.56 Å². The Labute approximate surface area is 136 Å². The molecule has 4 rings (SSSR count). The van der Waals surface area contributed by atoms with Gasteiger partial charge in [0, 0.05) is 18.0 Å². The minimum Gasteiger partial charge on any atom is -0.261 e. The molecule has 1 aromatic carbocycles. The first-order valence-electron chi connectivity index (χ1n) is 6.68. The van der Waals surface area contributed by atoms with Gasteiger partial charge >= 0.3 is 6.18 Å². The third kappa shape index (κ3) is 2.50. The van der Waals surface area contributed by atoms with Crippen molar-refractivity contribution in [2.75, 3.05) is 0 Å². The van der Waals surface area contributed by atoms with Gasteiger partial charge in [0.2, 0.25) is 10.8 Å². The molecule has 0 aliphatic heterocycles. The van der Waals surface area contributed by atoms with Crippen LogP contribution in [0.3, 0.4) is 0 Å². The van der Waals surface area contributed by atoms with Gasteiger partial charge in [-0.25, -0.2) is 4.98 Å². The molecule has 10 heteroatoms. The van der Waals surface area contributed by atoms with Gasteiger partial charge in [-0.3, -0.25) is 4.98 Å². The molecule has 0 amide bonds. The Bertz CT molecular complexity index is 1010. The molecule has 0 aliphatic carbocycles. The summed E-state index contributed by atoms with van der Waals surface area (Å²) in [5, 5.41) is 12.7. The Morgan fingerprint density at radius 2 is 1.96 bits per heavy atom. The summed E-state index contributed by atoms with van der Waals surface area (Å²) in [6.07, 6.45) is 0.146. The van der Waals surface area contributed by atoms with Crippen LogP contribution < -0.4 is 0 Å². The molecular weight excluding hydrogens is 341 g/mol. The Morgan fingerprint density at radius 3 is 2.71 bits per heavy atom. The van der Waals surface area contributed by atoms with Crippen LogP contribution in [-0.4, -0.2) is 29.8 Å². The van der Waals surface area contributed by atoms with Gasteiger partial charge in [0.25, 0.3) is 0 Å². The molecule has 0 unspecified atom stereocenters. The molecule has 0 saturated carbocycles. The molecule has 0 bridgehead atoms. The van der Waals surface area contributed by atoms with Crippen LogP contribution in [0.2, 0.25) is 0 Å². The van der Waals surface area contributed by atoms with Crippen molar-refractivity contribution in [2.24, 2.45) is 0 Å². The van der Waals surface area contributed by atoms with Crippen molar-refractivity contribution in [3.05, 3.63) is 48.4 Å². The lowest BCUT2D eigenvalue weighted by atomic mass is 10.1. The molecule has 0 saturated heterocycles. The van der Waals surface area contributed by atoms with Crippen LogP contribution >= 0.6 is 11.3 Å². The van der Waals surface area contributed by atoms with Crippen LogP contribution in [0.15, 0.2) is 42.9 Å². The van der Waals surface area contributed by atoms with Gasteiger partial charge in [-0.1, -0.05) is 23.5 Å². The fourth-order valence-electron chi connectivity index (χ4n) is 2.14. The third-order valence-corrected chi connectivity index (χ3v) is 4.17. The first-order valence-corrected chi connectivity index (χ1v) is 7.50. The molecule has 0 atom stereocenters. The Hall–Kier alpha value is -2.88. The van der Waals surface area contributed by atoms with E-state index in [1.54, 1.807) is 6.07 Å². The molecule has 120 valence electrons. The van der Waals surface area contributed by atoms with Gasteiger partial charge in [0.05, 0.1) is 11.8 Å². The topological polar surface area (TPSA) is 68.9 Å². The van der Waals surface area contributed by atoms with E-state index >= 15 is 0 Å². The van der Waals surface area contributed by atoms with E-state index in [-0.39, 0.29) is 0 Å². The maximum absolute atomic E-state index is 12.9. The van der Waals surface area contributed by atoms with E-state index in [1.165, 1.54) is 29.2 Å². The minimum absolute atomic E-state index is 0.366. The van der Waals surface area contributed by atoms with Crippen molar-refractivity contribution in [3.63, 3.8) is 0 Å². The average Bonchev–Trinajstić information content (AvgIpc) is 3.15. The number of alkyl halides is 3. The Kier molecular flexibility index (Phi) is 3.27. The smallest absolute Gasteiger partial charge is 0.261 e. The molecule has 0 fully saturated rings. The molecule has 4 aromatic rings. The molecule has 3 heterocycles. The number of hydrogen-bond acceptors (Lipinski definition) is 6. The van der Waals surface area contributed by atoms with Crippen molar-refractivity contribution in [3.8, 4) is 22.1 Å². The zero-order chi connectivity index (χ0) is 16.7. The predicted molar refractivity (Wildman–Crippen MR) is 80.1 cm³/mol. The number of aromatic nitrogens is 6. The van der Waals surface area contributed by atoms with E-state index in [9.17, 15) is 13.2 Å². The normalized spacial score (nSPS) is 12.0. The van der Waals surface area contributed by atoms with Gasteiger partial charge in [-0.2, -0.15) is 22.8 Å². The van der Waals surface area contributed by atoms with E-state index in [4.69, 9.17) is 0 Å². The van der Waals surface area contributed by atoms with E-state index in [0.717, 1.165) is 23.5 Å². The number of nitrogens with zero attached hydrogens (tertiary/aromatic N) is 6. The largest absolute Gasteiger partial charge is 0.416 e. The van der Waals surface area contributed by atoms with E-state index in [0.29, 0.717) is 27.1 Å². The summed E-state index contributed by atoms with van der Waals surface area (Å²) >= 11 is 1.15. The molecule has 0 radical (unpaired) electrons. The van der Waals surface area contributed by atoms with E-state index in [1.807, 2.05) is 0 Å². The monoisotopic (exact) mass is 348 g/mol. The summed E-state index contributed by atoms with van der Waals surface area (Å²) in [4.78, 5) is 8.55. The molecule has 24 heavy (non-hydrogen) atoms. The zero-order valence-electron chi connectivity index (χ0n) is 11.8. The SMILES string of the molecule is FC(F)(F)c1cccc(-c2nn3c(-c4cnccn4)nnc3s2)c1. The summed E-state index contributed by atoms with van der Waals surface area (Å²) in [6.45, 7) is 0. The van der Waals surface area contributed by atoms with Crippen LogP contribution in [0, 0.1) is 0 Å². The third-order valence-electron chi connectivity index (χ3n) is 3.22. The van der Waals surface area contributed by atoms with Crippen LogP contribution in [0.4, 0.5) is 13.2 Å². The highest BCUT2D eigenvalue weighted by molar-refractivity contribution is 7.19. The summed E-state index contributed by atoms with van der Waals surface area (Å²) in [6, 6.07) is 5.01. The fourth-order valence-corrected chi connectivity index (χ4v) is 2.97. The molecule has 0 aliphatic rings. The number of rotatable bonds is 2. The lowest BCUT2D eigenvalue weighted by Crippen LogP contribution is -2.04. The van der Waals surface area contributed by atoms with Gasteiger partial charge in [-0.15, -0.1) is 10.2 Å². The number of hydrogen-bond donors (Lipinski definition) is 0. The molecular formula is C14H7F3N6S. The molecule has 0 N–H and O–H groups in total. The second-order valence-electron chi connectivity index (χ2n) is 4.79. The number of halogens is 3. The number of fused-ring (bicyclic) bond motifs is 1. The Morgan fingerprint density at radius 1 is 1.08 bits per heavy atom. The van der Waals surface area contributed by atoms with Crippen molar-refractivity contribution in [2.45, 2.75) is 6.18 Å². The summed E-state index contributed by atoms with van der Waals surface area (Å²) in [7, 11) is 0. The highest BCUT2D eigenvalue weighted by atomic mass is 32.1. The van der Waals surface area contributed by atoms with E-state index < -0.39 is 11.7 Å². The second-order valence-corrected chi connectivity index (χ2v) is 5.75. The van der Waals surface area contributed by atoms with Crippen molar-refractivity contribution < 1.29 is 13.2 Å². The highest BCUT2D eigenvalue weighted by Crippen LogP contribution is 2.33. The van der Waals surface area contributed by atoms with Crippen LogP contribution in [0.25, 0.3) is 27.1 Å². The van der Waals surface area contributed by atoms with Crippen LogP contribution in [-0.2, 0) is 6.18 Å². The Balaban J connectivity index is 1.81. The summed E-state index contributed by atoms with van der Waals surface area (Å²) in [5.41, 5.74) is 0.122. The lowest BCUT2D eigenvalue weighted by Gasteiger charge is -2.06. The lowest BCUT2D eigenvalue weighted by molar-refractivity contribution is -0.137. The standard InChI is InChI=1S/C14H7F3N6S/c15-14(16,17)9-3-1-2-8(6-9)12-22-23-11(20-21-13(23)24-12)10-7-18-4-5-19-10/h1-7H. The molecule has 6 nitrogen and oxygen atoms in total. The minimum atomic E-state index is -4.40. The van der Waals surface area contributed by atoms with Gasteiger partial charge < -0.3 is 0 Å². The first kappa shape index (κ1) is 14.7. The number of benzene rings is 1. The molecule has 3 aromatic heterocycles. The van der Waals surface area contributed by atoms with Gasteiger partial charge in [0.1, 0.15) is 10.7 Å². The highest BCUT2D eigenvalue weighted by Gasteiger charge is 2.30. The quantitative estimate of drug-likeness (QED) is 0.556. The fraction of sp³-hybridized carbons (Fsp3) is 0.0714. The summed E-state index contributed by atoms with van der Waals surface area (Å²) < 4.78 is 40.0. The van der Waals surface area contributed by atoms with Crippen molar-refractivity contribution in [1.82, 2.24) is 29.8 Å². The van der Waals surface area contributed by atoms with Gasteiger partial charge in [0.15, 0.2) is 0 Å². The average molecular weight is 348 g/mol. The van der Waals surface area contributed by atoms with Crippen molar-refractivity contribution in [1.29, 1.82) is 0 Å². The van der Waals surface area contributed by atoms with E-state index in [2.05, 4.69) is 25.3 Å². The molecule has 0 spiro atoms. The maximum Gasteiger partial charge on any atom is 0.416 e. The summed E-state index contributed by atoms with van der Waals surface area (Å²) in [5.74, 6) is 0.382. The van der Waals surface area contributed by atoms with Crippen molar-refractivity contribution >= 4 is 16.3 Å². The predicted octanol–water partition coefficient (Wildman–Crippen LogP) is 3.33. The second kappa shape index (κ2) is 5.34. The zero-order valence-corrected chi connectivity index (χ0v) is 12.6. The first-order chi connectivity index (χ1) is 11.5. The van der Waals surface area contributed by atoms with Crippen LogP contribution in [0.5, 0.6) is 0 Å². The maximum atomic E-state index is 12.9. The van der Waals surface area contributed by atoms with Gasteiger partial charge in [-0.05, 0) is 12.1 Å².